The number of sulfonamides is 1. The van der Waals surface area contributed by atoms with Gasteiger partial charge in [0.25, 0.3) is 15.9 Å². The van der Waals surface area contributed by atoms with Crippen molar-refractivity contribution >= 4 is 22.0 Å². The van der Waals surface area contributed by atoms with Crippen molar-refractivity contribution in [1.29, 1.82) is 0 Å². The van der Waals surface area contributed by atoms with Crippen LogP contribution in [0.3, 0.4) is 0 Å². The van der Waals surface area contributed by atoms with E-state index in [-0.39, 0.29) is 25.7 Å². The molecule has 1 atom stereocenters. The standard InChI is InChI=1S/C27H32F4N2O6S/c1-17(18-5-9-20(28)10-6-18)32-23(34)26(36)15-13-21(14-16-26)33(24(35)39-25(2,3)4)40(37,38)22-11-7-19(8-12-22)27(29,30)31/h5-12,17,21,36H,13-16H2,1-4H3,(H,32,34)/t17-,21?,26?/m1/s1. The number of hydrogen-bond acceptors (Lipinski definition) is 6. The Morgan fingerprint density at radius 2 is 1.55 bits per heavy atom. The van der Waals surface area contributed by atoms with Crippen LogP contribution in [0.4, 0.5) is 22.4 Å². The van der Waals surface area contributed by atoms with Gasteiger partial charge in [0.1, 0.15) is 17.0 Å². The van der Waals surface area contributed by atoms with E-state index in [1.165, 1.54) is 45.0 Å². The Morgan fingerprint density at radius 1 is 1.02 bits per heavy atom. The first-order valence-electron chi connectivity index (χ1n) is 12.6. The van der Waals surface area contributed by atoms with Crippen LogP contribution in [0.1, 0.15) is 70.5 Å². The van der Waals surface area contributed by atoms with Crippen molar-refractivity contribution in [3.05, 3.63) is 65.5 Å². The number of nitrogens with one attached hydrogen (secondary N) is 1. The summed E-state index contributed by atoms with van der Waals surface area (Å²) in [5.41, 5.74) is -3.41. The second-order valence-electron chi connectivity index (χ2n) is 10.8. The van der Waals surface area contributed by atoms with E-state index in [9.17, 15) is 40.7 Å². The molecule has 220 valence electrons. The van der Waals surface area contributed by atoms with Crippen LogP contribution < -0.4 is 5.32 Å². The highest BCUT2D eigenvalue weighted by molar-refractivity contribution is 7.89. The zero-order chi connectivity index (χ0) is 30.1. The molecule has 1 saturated carbocycles. The van der Waals surface area contributed by atoms with Crippen LogP contribution in [0, 0.1) is 5.82 Å². The smallest absolute Gasteiger partial charge is 0.424 e. The van der Waals surface area contributed by atoms with Gasteiger partial charge in [0.15, 0.2) is 0 Å². The summed E-state index contributed by atoms with van der Waals surface area (Å²) in [5.74, 6) is -1.16. The highest BCUT2D eigenvalue weighted by Gasteiger charge is 2.46. The normalized spacial score (nSPS) is 20.9. The van der Waals surface area contributed by atoms with Crippen LogP contribution in [0.2, 0.25) is 0 Å². The molecule has 3 rings (SSSR count). The first-order chi connectivity index (χ1) is 18.3. The van der Waals surface area contributed by atoms with Crippen LogP contribution in [0.25, 0.3) is 0 Å². The first-order valence-corrected chi connectivity index (χ1v) is 14.0. The Bertz CT molecular complexity index is 1310. The van der Waals surface area contributed by atoms with Gasteiger partial charge in [-0.3, -0.25) is 4.79 Å². The third kappa shape index (κ3) is 7.30. The molecular formula is C27H32F4N2O6S. The van der Waals surface area contributed by atoms with E-state index < -0.39 is 67.8 Å². The van der Waals surface area contributed by atoms with Crippen LogP contribution in [0.15, 0.2) is 53.4 Å². The maximum Gasteiger partial charge on any atom is 0.424 e. The fraction of sp³-hybridized carbons (Fsp3) is 0.481. The molecule has 2 aromatic rings. The quantitative estimate of drug-likeness (QED) is 0.442. The molecule has 0 heterocycles. The molecular weight excluding hydrogens is 556 g/mol. The molecule has 1 fully saturated rings. The van der Waals surface area contributed by atoms with E-state index >= 15 is 0 Å². The lowest BCUT2D eigenvalue weighted by Gasteiger charge is -2.40. The fourth-order valence-corrected chi connectivity index (χ4v) is 5.93. The topological polar surface area (TPSA) is 113 Å². The predicted octanol–water partition coefficient (Wildman–Crippen LogP) is 5.32. The maximum atomic E-state index is 13.5. The third-order valence-electron chi connectivity index (χ3n) is 6.57. The number of rotatable bonds is 6. The summed E-state index contributed by atoms with van der Waals surface area (Å²) in [5, 5.41) is 13.7. The van der Waals surface area contributed by atoms with Gasteiger partial charge in [-0.15, -0.1) is 0 Å². The minimum Gasteiger partial charge on any atom is -0.443 e. The second kappa shape index (κ2) is 11.4. The molecule has 1 aliphatic rings. The number of halogens is 4. The molecule has 40 heavy (non-hydrogen) atoms. The Kier molecular flexibility index (Phi) is 8.90. The van der Waals surface area contributed by atoms with Gasteiger partial charge >= 0.3 is 12.3 Å². The van der Waals surface area contributed by atoms with E-state index in [1.54, 1.807) is 6.92 Å². The molecule has 0 saturated heterocycles. The second-order valence-corrected chi connectivity index (χ2v) is 12.6. The number of amides is 2. The van der Waals surface area contributed by atoms with Crippen molar-refractivity contribution in [2.45, 2.75) is 87.7 Å². The number of aliphatic hydroxyl groups is 1. The molecule has 0 aliphatic heterocycles. The van der Waals surface area contributed by atoms with Crippen molar-refractivity contribution in [1.82, 2.24) is 9.62 Å². The van der Waals surface area contributed by atoms with Crippen molar-refractivity contribution in [3.8, 4) is 0 Å². The van der Waals surface area contributed by atoms with E-state index in [4.69, 9.17) is 4.74 Å². The van der Waals surface area contributed by atoms with Gasteiger partial charge in [-0.2, -0.15) is 17.5 Å². The largest absolute Gasteiger partial charge is 0.443 e. The SMILES string of the molecule is C[C@@H](NC(=O)C1(O)CCC(N(C(=O)OC(C)(C)C)S(=O)(=O)c2ccc(C(F)(F)F)cc2)CC1)c1ccc(F)cc1. The van der Waals surface area contributed by atoms with Crippen LogP contribution in [-0.2, 0) is 25.7 Å². The van der Waals surface area contributed by atoms with Gasteiger partial charge < -0.3 is 15.2 Å². The summed E-state index contributed by atoms with van der Waals surface area (Å²) in [7, 11) is -4.67. The summed E-state index contributed by atoms with van der Waals surface area (Å²) in [6.45, 7) is 6.24. The summed E-state index contributed by atoms with van der Waals surface area (Å²) < 4.78 is 85.1. The minimum absolute atomic E-state index is 0.117. The predicted molar refractivity (Wildman–Crippen MR) is 137 cm³/mol. The number of carbonyl (C=O) groups is 2. The minimum atomic E-state index is -4.68. The molecule has 0 unspecified atom stereocenters. The Hall–Kier alpha value is -3.19. The highest BCUT2D eigenvalue weighted by atomic mass is 32.2. The van der Waals surface area contributed by atoms with Gasteiger partial charge in [-0.1, -0.05) is 12.1 Å². The molecule has 0 spiro atoms. The lowest BCUT2D eigenvalue weighted by Crippen LogP contribution is -2.54. The molecule has 0 aromatic heterocycles. The molecule has 0 bridgehead atoms. The summed E-state index contributed by atoms with van der Waals surface area (Å²) in [6, 6.07) is 6.59. The number of ether oxygens (including phenoxy) is 1. The molecule has 13 heteroatoms. The molecule has 0 radical (unpaired) electrons. The van der Waals surface area contributed by atoms with Gasteiger partial charge in [-0.25, -0.2) is 17.6 Å². The Balaban J connectivity index is 1.82. The number of alkyl halides is 3. The van der Waals surface area contributed by atoms with Gasteiger partial charge in [-0.05, 0) is 95.3 Å². The molecule has 2 aromatic carbocycles. The van der Waals surface area contributed by atoms with Crippen LogP contribution in [0.5, 0.6) is 0 Å². The number of carbonyl (C=O) groups excluding carboxylic acids is 2. The molecule has 2 amide bonds. The molecule has 2 N–H and O–H groups in total. The van der Waals surface area contributed by atoms with Crippen molar-refractivity contribution < 1.29 is 45.4 Å². The van der Waals surface area contributed by atoms with Crippen molar-refractivity contribution in [3.63, 3.8) is 0 Å². The van der Waals surface area contributed by atoms with Gasteiger partial charge in [0.2, 0.25) is 0 Å². The monoisotopic (exact) mass is 588 g/mol. The maximum absolute atomic E-state index is 13.5. The van der Waals surface area contributed by atoms with Crippen LogP contribution >= 0.6 is 0 Å². The average Bonchev–Trinajstić information content (AvgIpc) is 2.84. The summed E-state index contributed by atoms with van der Waals surface area (Å²) >= 11 is 0. The third-order valence-corrected chi connectivity index (χ3v) is 8.40. The van der Waals surface area contributed by atoms with Crippen LogP contribution in [-0.4, -0.2) is 47.1 Å². The van der Waals surface area contributed by atoms with Crippen molar-refractivity contribution in [2.75, 3.05) is 0 Å². The molecule has 8 nitrogen and oxygen atoms in total. The van der Waals surface area contributed by atoms with Gasteiger partial charge in [0, 0.05) is 0 Å². The molecule has 1 aliphatic carbocycles. The lowest BCUT2D eigenvalue weighted by molar-refractivity contribution is -0.144. The average molecular weight is 589 g/mol. The van der Waals surface area contributed by atoms with Crippen molar-refractivity contribution in [2.24, 2.45) is 0 Å². The fourth-order valence-electron chi connectivity index (χ4n) is 4.39. The zero-order valence-corrected chi connectivity index (χ0v) is 23.3. The summed E-state index contributed by atoms with van der Waals surface area (Å²) in [4.78, 5) is 25.5. The highest BCUT2D eigenvalue weighted by Crippen LogP contribution is 2.36. The van der Waals surface area contributed by atoms with Gasteiger partial charge in [0.05, 0.1) is 22.5 Å². The van der Waals surface area contributed by atoms with E-state index in [1.807, 2.05) is 0 Å². The number of benzene rings is 2. The first kappa shape index (κ1) is 31.3. The number of nitrogens with zero attached hydrogens (tertiary/aromatic N) is 1. The zero-order valence-electron chi connectivity index (χ0n) is 22.5. The Labute approximate surface area is 230 Å². The van der Waals surface area contributed by atoms with E-state index in [0.717, 1.165) is 12.1 Å². The van der Waals surface area contributed by atoms with E-state index in [0.29, 0.717) is 22.0 Å². The Morgan fingerprint density at radius 3 is 2.02 bits per heavy atom. The van der Waals surface area contributed by atoms with E-state index in [2.05, 4.69) is 5.32 Å². The summed E-state index contributed by atoms with van der Waals surface area (Å²) in [6.07, 6.45) is -6.56. The number of hydrogen-bond donors (Lipinski definition) is 2. The lowest BCUT2D eigenvalue weighted by atomic mass is 9.81.